The van der Waals surface area contributed by atoms with E-state index in [2.05, 4.69) is 19.9 Å². The molecule has 2 aliphatic heterocycles. The number of hydrogen-bond acceptors (Lipinski definition) is 9. The van der Waals surface area contributed by atoms with E-state index in [1.807, 2.05) is 56.3 Å². The second-order valence-corrected chi connectivity index (χ2v) is 7.75. The molecule has 10 heteroatoms. The molecule has 4 aromatic rings. The van der Waals surface area contributed by atoms with Gasteiger partial charge in [-0.15, -0.1) is 9.90 Å². The fourth-order valence-corrected chi connectivity index (χ4v) is 4.01. The first kappa shape index (κ1) is 22.7. The van der Waals surface area contributed by atoms with Crippen molar-refractivity contribution in [2.24, 2.45) is 0 Å². The zero-order chi connectivity index (χ0) is 24.0. The van der Waals surface area contributed by atoms with Gasteiger partial charge >= 0.3 is 0 Å². The molecule has 35 heavy (non-hydrogen) atoms. The molecule has 0 unspecified atom stereocenters. The van der Waals surface area contributed by atoms with Gasteiger partial charge in [0.15, 0.2) is 5.82 Å². The summed E-state index contributed by atoms with van der Waals surface area (Å²) in [7, 11) is 0. The van der Waals surface area contributed by atoms with Crippen molar-refractivity contribution in [1.82, 2.24) is 29.9 Å². The molecule has 0 radical (unpaired) electrons. The van der Waals surface area contributed by atoms with Gasteiger partial charge in [0.2, 0.25) is 11.8 Å². The molecule has 1 fully saturated rings. The minimum Gasteiger partial charge on any atom is -0.437 e. The number of anilines is 3. The Balaban J connectivity index is 0.00000124. The molecule has 0 amide bonds. The number of aromatic nitrogens is 6. The lowest BCUT2D eigenvalue weighted by Crippen LogP contribution is -2.37. The largest absolute Gasteiger partial charge is 0.437 e. The van der Waals surface area contributed by atoms with Gasteiger partial charge in [-0.1, -0.05) is 32.0 Å². The Bertz CT molecular complexity index is 1240. The maximum absolute atomic E-state index is 6.17. The quantitative estimate of drug-likeness (QED) is 0.430. The van der Waals surface area contributed by atoms with Crippen molar-refractivity contribution < 1.29 is 9.47 Å². The van der Waals surface area contributed by atoms with Gasteiger partial charge < -0.3 is 19.3 Å². The summed E-state index contributed by atoms with van der Waals surface area (Å²) in [4.78, 5) is 19.7. The van der Waals surface area contributed by atoms with Gasteiger partial charge in [-0.2, -0.15) is 15.1 Å². The Labute approximate surface area is 204 Å². The van der Waals surface area contributed by atoms with E-state index >= 15 is 0 Å². The first-order chi connectivity index (χ1) is 17.3. The maximum Gasteiger partial charge on any atom is 0.230 e. The molecule has 180 valence electrons. The number of benzene rings is 1. The number of ether oxygens (including phenoxy) is 2. The van der Waals surface area contributed by atoms with Crippen LogP contribution in [0.25, 0.3) is 5.69 Å². The summed E-state index contributed by atoms with van der Waals surface area (Å²) in [5, 5.41) is 9.16. The molecule has 0 N–H and O–H groups in total. The molecule has 0 atom stereocenters. The van der Waals surface area contributed by atoms with Crippen molar-refractivity contribution in [1.29, 1.82) is 0 Å². The van der Waals surface area contributed by atoms with Gasteiger partial charge in [0.1, 0.15) is 11.6 Å². The second kappa shape index (κ2) is 10.5. The lowest BCUT2D eigenvalue weighted by Gasteiger charge is -2.28. The van der Waals surface area contributed by atoms with Crippen LogP contribution in [0.15, 0.2) is 61.1 Å². The van der Waals surface area contributed by atoms with E-state index in [0.29, 0.717) is 37.3 Å². The molecule has 2 aliphatic rings. The molecule has 0 aliphatic carbocycles. The van der Waals surface area contributed by atoms with Crippen LogP contribution in [0.3, 0.4) is 0 Å². The normalized spacial score (nSPS) is 14.8. The van der Waals surface area contributed by atoms with E-state index < -0.39 is 0 Å². The molecule has 1 saturated heterocycles. The van der Waals surface area contributed by atoms with Crippen LogP contribution in [-0.2, 0) is 11.2 Å². The van der Waals surface area contributed by atoms with Crippen LogP contribution < -0.4 is 14.5 Å². The van der Waals surface area contributed by atoms with Crippen LogP contribution >= 0.6 is 0 Å². The summed E-state index contributed by atoms with van der Waals surface area (Å²) in [5.74, 6) is 3.34. The molecule has 3 aromatic heterocycles. The molecule has 10 nitrogen and oxygen atoms in total. The highest BCUT2D eigenvalue weighted by Crippen LogP contribution is 2.39. The topological polar surface area (TPSA) is 94.3 Å². The van der Waals surface area contributed by atoms with Crippen molar-refractivity contribution in [3.8, 4) is 17.3 Å². The predicted molar refractivity (Wildman–Crippen MR) is 133 cm³/mol. The number of pyridine rings is 1. The van der Waals surface area contributed by atoms with Crippen LogP contribution in [0.1, 0.15) is 19.4 Å². The highest BCUT2D eigenvalue weighted by molar-refractivity contribution is 5.67. The number of nitrogens with zero attached hydrogens (tertiary/aromatic N) is 8. The maximum atomic E-state index is 6.17. The summed E-state index contributed by atoms with van der Waals surface area (Å²) >= 11 is 0. The molecule has 6 rings (SSSR count). The van der Waals surface area contributed by atoms with Crippen molar-refractivity contribution in [3.05, 3.63) is 66.6 Å². The van der Waals surface area contributed by atoms with Crippen LogP contribution in [-0.4, -0.2) is 62.8 Å². The van der Waals surface area contributed by atoms with Gasteiger partial charge in [0, 0.05) is 25.8 Å². The Morgan fingerprint density at radius 1 is 0.914 bits per heavy atom. The average Bonchev–Trinajstić information content (AvgIpc) is 3.59. The Morgan fingerprint density at radius 3 is 2.51 bits per heavy atom. The van der Waals surface area contributed by atoms with Crippen molar-refractivity contribution in [2.45, 2.75) is 20.3 Å². The summed E-state index contributed by atoms with van der Waals surface area (Å²) in [5.41, 5.74) is 1.85. The molecule has 1 aromatic carbocycles. The summed E-state index contributed by atoms with van der Waals surface area (Å²) in [6, 6.07) is 13.6. The number of hydrogen-bond donors (Lipinski definition) is 0. The van der Waals surface area contributed by atoms with E-state index in [-0.39, 0.29) is 0 Å². The standard InChI is InChI=1S/C23H22N8O2.C2H6/c1-2-5-17(6-3-1)31-25-16-20(28-31)30-10-8-19-21(30)26-23(29-11-13-32-14-12-29)27-22(19)33-18-7-4-9-24-15-18;1-2/h1-7,9,15-16H,8,10-14H2;1-2H3. The fraction of sp³-hybridized carbons (Fsp3) is 0.320. The monoisotopic (exact) mass is 472 g/mol. The van der Waals surface area contributed by atoms with Crippen LogP contribution in [0.2, 0.25) is 0 Å². The lowest BCUT2D eigenvalue weighted by atomic mass is 10.2. The van der Waals surface area contributed by atoms with E-state index in [0.717, 1.165) is 42.4 Å². The van der Waals surface area contributed by atoms with E-state index in [1.54, 1.807) is 23.4 Å². The summed E-state index contributed by atoms with van der Waals surface area (Å²) in [6.45, 7) is 7.47. The summed E-state index contributed by atoms with van der Waals surface area (Å²) in [6.07, 6.45) is 5.90. The molecular weight excluding hydrogens is 444 g/mol. The second-order valence-electron chi connectivity index (χ2n) is 7.75. The van der Waals surface area contributed by atoms with Gasteiger partial charge in [-0.3, -0.25) is 4.98 Å². The molecule has 5 heterocycles. The fourth-order valence-electron chi connectivity index (χ4n) is 4.01. The van der Waals surface area contributed by atoms with Crippen LogP contribution in [0.4, 0.5) is 17.6 Å². The Kier molecular flexibility index (Phi) is 6.80. The minimum atomic E-state index is 0.549. The number of para-hydroxylation sites is 1. The number of rotatable bonds is 5. The van der Waals surface area contributed by atoms with Crippen molar-refractivity contribution >= 4 is 17.6 Å². The SMILES string of the molecule is CC.c1ccc(-n2ncc(N3CCc4c(Oc5cccnc5)nc(N5CCOCC5)nc43)n2)cc1. The molecule has 0 spiro atoms. The van der Waals surface area contributed by atoms with E-state index in [9.17, 15) is 0 Å². The smallest absolute Gasteiger partial charge is 0.230 e. The van der Waals surface area contributed by atoms with Crippen molar-refractivity contribution in [3.63, 3.8) is 0 Å². The van der Waals surface area contributed by atoms with E-state index in [4.69, 9.17) is 24.5 Å². The number of morpholine rings is 1. The van der Waals surface area contributed by atoms with Crippen LogP contribution in [0.5, 0.6) is 11.6 Å². The first-order valence-corrected chi connectivity index (χ1v) is 11.9. The summed E-state index contributed by atoms with van der Waals surface area (Å²) < 4.78 is 11.7. The van der Waals surface area contributed by atoms with Crippen molar-refractivity contribution in [2.75, 3.05) is 42.6 Å². The Hall–Kier alpha value is -4.05. The zero-order valence-electron chi connectivity index (χ0n) is 19.9. The van der Waals surface area contributed by atoms with Crippen LogP contribution in [0, 0.1) is 0 Å². The van der Waals surface area contributed by atoms with Gasteiger partial charge in [-0.25, -0.2) is 0 Å². The van der Waals surface area contributed by atoms with Gasteiger partial charge in [0.05, 0.1) is 36.9 Å². The van der Waals surface area contributed by atoms with Gasteiger partial charge in [0.25, 0.3) is 0 Å². The van der Waals surface area contributed by atoms with E-state index in [1.165, 1.54) is 0 Å². The zero-order valence-corrected chi connectivity index (χ0v) is 19.9. The Morgan fingerprint density at radius 2 is 1.74 bits per heavy atom. The number of fused-ring (bicyclic) bond motifs is 1. The molecular formula is C25H28N8O2. The average molecular weight is 473 g/mol. The highest BCUT2D eigenvalue weighted by atomic mass is 16.5. The predicted octanol–water partition coefficient (Wildman–Crippen LogP) is 3.80. The third-order valence-corrected chi connectivity index (χ3v) is 5.66. The highest BCUT2D eigenvalue weighted by Gasteiger charge is 2.31. The van der Waals surface area contributed by atoms with Gasteiger partial charge in [-0.05, 0) is 30.7 Å². The minimum absolute atomic E-state index is 0.549. The first-order valence-electron chi connectivity index (χ1n) is 11.9. The molecule has 0 bridgehead atoms. The lowest BCUT2D eigenvalue weighted by molar-refractivity contribution is 0.122. The molecule has 0 saturated carbocycles. The third-order valence-electron chi connectivity index (χ3n) is 5.66. The third kappa shape index (κ3) is 4.78.